The number of aromatic nitrogens is 4. The van der Waals surface area contributed by atoms with E-state index in [1.165, 1.54) is 9.88 Å². The van der Waals surface area contributed by atoms with E-state index in [2.05, 4.69) is 27.3 Å². The summed E-state index contributed by atoms with van der Waals surface area (Å²) in [5.74, 6) is 0. The van der Waals surface area contributed by atoms with E-state index in [-0.39, 0.29) is 0 Å². The SMILES string of the molecule is CCc1ncc(CNCCn2cncn2)s1. The Morgan fingerprint density at radius 1 is 1.50 bits per heavy atom. The van der Waals surface area contributed by atoms with E-state index in [1.54, 1.807) is 24.0 Å². The Kier molecular flexibility index (Phi) is 4.01. The molecule has 0 unspecified atom stereocenters. The highest BCUT2D eigenvalue weighted by Gasteiger charge is 1.99. The first-order chi connectivity index (χ1) is 7.88. The fraction of sp³-hybridized carbons (Fsp3) is 0.500. The second-order valence-corrected chi connectivity index (χ2v) is 4.61. The highest BCUT2D eigenvalue weighted by atomic mass is 32.1. The van der Waals surface area contributed by atoms with Crippen LogP contribution in [0.2, 0.25) is 0 Å². The smallest absolute Gasteiger partial charge is 0.137 e. The van der Waals surface area contributed by atoms with Crippen LogP contribution < -0.4 is 5.32 Å². The normalized spacial score (nSPS) is 10.8. The largest absolute Gasteiger partial charge is 0.310 e. The van der Waals surface area contributed by atoms with Crippen molar-refractivity contribution in [3.63, 3.8) is 0 Å². The number of aryl methyl sites for hydroxylation is 1. The van der Waals surface area contributed by atoms with E-state index < -0.39 is 0 Å². The third kappa shape index (κ3) is 3.11. The Morgan fingerprint density at radius 2 is 2.44 bits per heavy atom. The van der Waals surface area contributed by atoms with E-state index in [0.29, 0.717) is 0 Å². The van der Waals surface area contributed by atoms with Crippen LogP contribution in [0.3, 0.4) is 0 Å². The van der Waals surface area contributed by atoms with E-state index >= 15 is 0 Å². The summed E-state index contributed by atoms with van der Waals surface area (Å²) in [6.45, 7) is 4.75. The molecule has 2 aromatic heterocycles. The summed E-state index contributed by atoms with van der Waals surface area (Å²) in [7, 11) is 0. The Morgan fingerprint density at radius 3 is 3.12 bits per heavy atom. The van der Waals surface area contributed by atoms with Crippen molar-refractivity contribution in [2.75, 3.05) is 6.54 Å². The summed E-state index contributed by atoms with van der Waals surface area (Å²) in [6, 6.07) is 0. The minimum atomic E-state index is 0.847. The van der Waals surface area contributed by atoms with Gasteiger partial charge >= 0.3 is 0 Å². The van der Waals surface area contributed by atoms with Crippen LogP contribution in [0.4, 0.5) is 0 Å². The van der Waals surface area contributed by atoms with E-state index in [0.717, 1.165) is 26.1 Å². The number of nitrogens with one attached hydrogen (secondary N) is 1. The zero-order valence-corrected chi connectivity index (χ0v) is 10.1. The second kappa shape index (κ2) is 5.72. The van der Waals surface area contributed by atoms with Gasteiger partial charge in [0, 0.05) is 24.2 Å². The van der Waals surface area contributed by atoms with Crippen molar-refractivity contribution in [2.45, 2.75) is 26.4 Å². The van der Waals surface area contributed by atoms with Gasteiger partial charge in [-0.25, -0.2) is 9.97 Å². The molecule has 0 aromatic carbocycles. The molecular weight excluding hydrogens is 222 g/mol. The molecule has 16 heavy (non-hydrogen) atoms. The molecule has 0 aliphatic rings. The lowest BCUT2D eigenvalue weighted by Crippen LogP contribution is -2.19. The van der Waals surface area contributed by atoms with Crippen molar-refractivity contribution in [2.24, 2.45) is 0 Å². The van der Waals surface area contributed by atoms with Gasteiger partial charge in [0.15, 0.2) is 0 Å². The molecule has 0 radical (unpaired) electrons. The van der Waals surface area contributed by atoms with E-state index in [1.807, 2.05) is 10.9 Å². The quantitative estimate of drug-likeness (QED) is 0.764. The zero-order chi connectivity index (χ0) is 11.2. The van der Waals surface area contributed by atoms with Gasteiger partial charge in [0.25, 0.3) is 0 Å². The molecule has 2 rings (SSSR count). The lowest BCUT2D eigenvalue weighted by Gasteiger charge is -2.02. The topological polar surface area (TPSA) is 55.6 Å². The lowest BCUT2D eigenvalue weighted by molar-refractivity contribution is 0.555. The third-order valence-corrected chi connectivity index (χ3v) is 3.33. The molecule has 0 spiro atoms. The molecule has 0 atom stereocenters. The molecule has 86 valence electrons. The van der Waals surface area contributed by atoms with Crippen molar-refractivity contribution < 1.29 is 0 Å². The highest BCUT2D eigenvalue weighted by Crippen LogP contribution is 2.12. The minimum absolute atomic E-state index is 0.847. The van der Waals surface area contributed by atoms with Crippen LogP contribution in [0.15, 0.2) is 18.9 Å². The number of hydrogen-bond acceptors (Lipinski definition) is 5. The summed E-state index contributed by atoms with van der Waals surface area (Å²) in [4.78, 5) is 9.49. The van der Waals surface area contributed by atoms with Gasteiger partial charge in [0.2, 0.25) is 0 Å². The summed E-state index contributed by atoms with van der Waals surface area (Å²) >= 11 is 1.77. The van der Waals surface area contributed by atoms with Crippen molar-refractivity contribution in [1.29, 1.82) is 0 Å². The fourth-order valence-corrected chi connectivity index (χ4v) is 2.18. The monoisotopic (exact) mass is 237 g/mol. The maximum absolute atomic E-state index is 4.31. The summed E-state index contributed by atoms with van der Waals surface area (Å²) in [5.41, 5.74) is 0. The van der Waals surface area contributed by atoms with Gasteiger partial charge in [-0.15, -0.1) is 11.3 Å². The molecule has 0 aliphatic carbocycles. The number of hydrogen-bond donors (Lipinski definition) is 1. The molecule has 1 N–H and O–H groups in total. The lowest BCUT2D eigenvalue weighted by atomic mass is 10.5. The van der Waals surface area contributed by atoms with Crippen LogP contribution in [0.1, 0.15) is 16.8 Å². The van der Waals surface area contributed by atoms with Gasteiger partial charge in [0.1, 0.15) is 12.7 Å². The summed E-state index contributed by atoms with van der Waals surface area (Å²) in [5, 5.41) is 8.60. The van der Waals surface area contributed by atoms with Crippen LogP contribution >= 0.6 is 11.3 Å². The van der Waals surface area contributed by atoms with Gasteiger partial charge in [-0.2, -0.15) is 5.10 Å². The maximum atomic E-state index is 4.31. The average molecular weight is 237 g/mol. The molecule has 5 nitrogen and oxygen atoms in total. The van der Waals surface area contributed by atoms with E-state index in [4.69, 9.17) is 0 Å². The predicted molar refractivity (Wildman–Crippen MR) is 63.2 cm³/mol. The van der Waals surface area contributed by atoms with Crippen LogP contribution in [0.25, 0.3) is 0 Å². The highest BCUT2D eigenvalue weighted by molar-refractivity contribution is 7.11. The molecule has 6 heteroatoms. The standard InChI is InChI=1S/C10H15N5S/c1-2-10-13-6-9(16-10)5-11-3-4-15-8-12-7-14-15/h6-8,11H,2-5H2,1H3. The summed E-state index contributed by atoms with van der Waals surface area (Å²) in [6.07, 6.45) is 6.25. The van der Waals surface area contributed by atoms with Crippen molar-refractivity contribution in [3.8, 4) is 0 Å². The van der Waals surface area contributed by atoms with Crippen LogP contribution in [0, 0.1) is 0 Å². The zero-order valence-electron chi connectivity index (χ0n) is 9.26. The van der Waals surface area contributed by atoms with Crippen molar-refractivity contribution >= 4 is 11.3 Å². The van der Waals surface area contributed by atoms with Gasteiger partial charge in [-0.1, -0.05) is 6.92 Å². The molecule has 0 saturated carbocycles. The van der Waals surface area contributed by atoms with Gasteiger partial charge in [-0.05, 0) is 6.42 Å². The number of thiazole rings is 1. The Labute approximate surface area is 98.5 Å². The van der Waals surface area contributed by atoms with Crippen LogP contribution in [-0.4, -0.2) is 26.3 Å². The van der Waals surface area contributed by atoms with Gasteiger partial charge in [-0.3, -0.25) is 4.68 Å². The Hall–Kier alpha value is -1.27. The first-order valence-corrected chi connectivity index (χ1v) is 6.17. The van der Waals surface area contributed by atoms with Gasteiger partial charge < -0.3 is 5.32 Å². The molecule has 0 amide bonds. The Bertz CT molecular complexity index is 409. The molecule has 0 aliphatic heterocycles. The molecule has 2 heterocycles. The average Bonchev–Trinajstić information content (AvgIpc) is 2.95. The fourth-order valence-electron chi connectivity index (χ4n) is 1.35. The minimum Gasteiger partial charge on any atom is -0.310 e. The number of nitrogens with zero attached hydrogens (tertiary/aromatic N) is 4. The third-order valence-electron chi connectivity index (χ3n) is 2.19. The maximum Gasteiger partial charge on any atom is 0.137 e. The van der Waals surface area contributed by atoms with Crippen molar-refractivity contribution in [3.05, 3.63) is 28.7 Å². The molecule has 0 bridgehead atoms. The molecule has 0 saturated heterocycles. The second-order valence-electron chi connectivity index (χ2n) is 3.41. The number of rotatable bonds is 6. The summed E-state index contributed by atoms with van der Waals surface area (Å²) < 4.78 is 1.82. The molecule has 0 fully saturated rings. The predicted octanol–water partition coefficient (Wildman–Crippen LogP) is 1.09. The van der Waals surface area contributed by atoms with Crippen LogP contribution in [-0.2, 0) is 19.5 Å². The molecule has 2 aromatic rings. The molecular formula is C10H15N5S. The van der Waals surface area contributed by atoms with Crippen LogP contribution in [0.5, 0.6) is 0 Å². The first kappa shape index (κ1) is 11.2. The van der Waals surface area contributed by atoms with Crippen molar-refractivity contribution in [1.82, 2.24) is 25.1 Å². The first-order valence-electron chi connectivity index (χ1n) is 5.35. The van der Waals surface area contributed by atoms with E-state index in [9.17, 15) is 0 Å². The Balaban J connectivity index is 1.68. The van der Waals surface area contributed by atoms with Gasteiger partial charge in [0.05, 0.1) is 11.6 Å².